The number of aromatic nitrogens is 2. The number of hydrogen-bond acceptors (Lipinski definition) is 8. The van der Waals surface area contributed by atoms with E-state index in [4.69, 9.17) is 27.9 Å². The molecule has 3 amide bonds. The highest BCUT2D eigenvalue weighted by atomic mass is 35.5. The van der Waals surface area contributed by atoms with Gasteiger partial charge in [-0.15, -0.1) is 0 Å². The molecule has 11 nitrogen and oxygen atoms in total. The normalized spacial score (nSPS) is 17.7. The van der Waals surface area contributed by atoms with Gasteiger partial charge in [-0.1, -0.05) is 53.5 Å². The van der Waals surface area contributed by atoms with Crippen molar-refractivity contribution in [3.63, 3.8) is 0 Å². The van der Waals surface area contributed by atoms with Gasteiger partial charge in [0.1, 0.15) is 11.4 Å². The van der Waals surface area contributed by atoms with Crippen molar-refractivity contribution in [2.45, 2.75) is 57.8 Å². The van der Waals surface area contributed by atoms with Crippen LogP contribution in [0.2, 0.25) is 10.0 Å². The van der Waals surface area contributed by atoms with Crippen molar-refractivity contribution in [1.29, 1.82) is 0 Å². The molecule has 1 saturated carbocycles. The standard InChI is InChI=1S/C39H41Cl2N7O4/c1-23(49)48-21-39(22-48)15-28(16-39)44-17-24-6-10-32(45-18-24)38(51)47-31-5-3-4-29(35(31)40)30-12-13-43-37(36(30)41)25-7-8-26(33(14-25)52-2)19-42-20-27-9-11-34(50)46-27/h3-8,10,12-14,18,27-28,42,44H,9,11,15-17,19-22H2,1-2H3,(H,46,50)(H,47,51)/t27-/m1/s1. The van der Waals surface area contributed by atoms with E-state index in [1.807, 2.05) is 41.3 Å². The van der Waals surface area contributed by atoms with E-state index in [9.17, 15) is 14.4 Å². The van der Waals surface area contributed by atoms with E-state index in [0.29, 0.717) is 75.8 Å². The summed E-state index contributed by atoms with van der Waals surface area (Å²) in [4.78, 5) is 47.1. The van der Waals surface area contributed by atoms with Gasteiger partial charge in [0.15, 0.2) is 0 Å². The molecule has 2 saturated heterocycles. The zero-order valence-electron chi connectivity index (χ0n) is 29.1. The minimum absolute atomic E-state index is 0.0949. The average Bonchev–Trinajstić information content (AvgIpc) is 3.52. The molecular formula is C39H41Cl2N7O4. The van der Waals surface area contributed by atoms with Crippen molar-refractivity contribution in [2.75, 3.05) is 32.1 Å². The molecule has 13 heteroatoms. The van der Waals surface area contributed by atoms with E-state index in [1.165, 1.54) is 0 Å². The summed E-state index contributed by atoms with van der Waals surface area (Å²) in [5.41, 5.74) is 5.60. The first-order valence-electron chi connectivity index (χ1n) is 17.5. The number of benzene rings is 2. The number of nitrogens with zero attached hydrogens (tertiary/aromatic N) is 3. The van der Waals surface area contributed by atoms with E-state index in [2.05, 4.69) is 31.2 Å². The Balaban J connectivity index is 0.978. The van der Waals surface area contributed by atoms with Crippen molar-refractivity contribution in [1.82, 2.24) is 30.8 Å². The van der Waals surface area contributed by atoms with Gasteiger partial charge < -0.3 is 30.9 Å². The number of amides is 3. The van der Waals surface area contributed by atoms with Crippen molar-refractivity contribution in [3.05, 3.63) is 93.9 Å². The number of hydrogen-bond donors (Lipinski definition) is 4. The van der Waals surface area contributed by atoms with Gasteiger partial charge in [0.05, 0.1) is 28.5 Å². The average molecular weight is 743 g/mol. The van der Waals surface area contributed by atoms with E-state index < -0.39 is 0 Å². The third kappa shape index (κ3) is 7.64. The lowest BCUT2D eigenvalue weighted by atomic mass is 9.60. The summed E-state index contributed by atoms with van der Waals surface area (Å²) in [5, 5.41) is 13.6. The van der Waals surface area contributed by atoms with Crippen molar-refractivity contribution < 1.29 is 19.1 Å². The fraction of sp³-hybridized carbons (Fsp3) is 0.359. The molecular weight excluding hydrogens is 701 g/mol. The van der Waals surface area contributed by atoms with Gasteiger partial charge in [-0.05, 0) is 49.1 Å². The second-order valence-electron chi connectivity index (χ2n) is 14.0. The Kier molecular flexibility index (Phi) is 10.5. The molecule has 2 aromatic carbocycles. The molecule has 1 atom stereocenters. The predicted octanol–water partition coefficient (Wildman–Crippen LogP) is 5.85. The van der Waals surface area contributed by atoms with Crippen LogP contribution in [0.4, 0.5) is 5.69 Å². The predicted molar refractivity (Wildman–Crippen MR) is 201 cm³/mol. The van der Waals surface area contributed by atoms with Crippen LogP contribution < -0.4 is 26.0 Å². The molecule has 0 unspecified atom stereocenters. The van der Waals surface area contributed by atoms with E-state index in [-0.39, 0.29) is 29.5 Å². The Bertz CT molecular complexity index is 1990. The number of likely N-dealkylation sites (tertiary alicyclic amines) is 1. The molecule has 2 aliphatic heterocycles. The molecule has 4 aromatic rings. The molecule has 0 radical (unpaired) electrons. The second kappa shape index (κ2) is 15.2. The Morgan fingerprint density at radius 1 is 1.02 bits per heavy atom. The maximum absolute atomic E-state index is 13.2. The topological polar surface area (TPSA) is 138 Å². The summed E-state index contributed by atoms with van der Waals surface area (Å²) in [7, 11) is 1.62. The van der Waals surface area contributed by atoms with Crippen LogP contribution >= 0.6 is 23.2 Å². The lowest BCUT2D eigenvalue weighted by Gasteiger charge is -2.59. The van der Waals surface area contributed by atoms with Crippen LogP contribution in [0, 0.1) is 5.41 Å². The number of anilines is 1. The smallest absolute Gasteiger partial charge is 0.274 e. The SMILES string of the molecule is COc1cc(-c2nccc(-c3cccc(NC(=O)c4ccc(CNC5CC6(C5)CN(C(C)=O)C6)cn4)c3Cl)c2Cl)ccc1CNC[C@H]1CCC(=O)N1. The number of halogens is 2. The third-order valence-electron chi connectivity index (χ3n) is 10.3. The maximum Gasteiger partial charge on any atom is 0.274 e. The first kappa shape index (κ1) is 35.8. The second-order valence-corrected chi connectivity index (χ2v) is 14.8. The van der Waals surface area contributed by atoms with E-state index >= 15 is 0 Å². The van der Waals surface area contributed by atoms with Crippen LogP contribution in [0.5, 0.6) is 5.75 Å². The largest absolute Gasteiger partial charge is 0.496 e. The first-order valence-corrected chi connectivity index (χ1v) is 18.2. The third-order valence-corrected chi connectivity index (χ3v) is 11.1. The van der Waals surface area contributed by atoms with Gasteiger partial charge in [-0.25, -0.2) is 0 Å². The van der Waals surface area contributed by atoms with Gasteiger partial charge in [0, 0.05) is 98.2 Å². The van der Waals surface area contributed by atoms with E-state index in [1.54, 1.807) is 44.6 Å². The summed E-state index contributed by atoms with van der Waals surface area (Å²) in [5.74, 6) is 0.555. The Hall–Kier alpha value is -4.55. The number of ether oxygens (including phenoxy) is 1. The number of carbonyl (C=O) groups is 3. The van der Waals surface area contributed by atoms with Crippen molar-refractivity contribution >= 4 is 46.6 Å². The molecule has 2 aromatic heterocycles. The zero-order chi connectivity index (χ0) is 36.4. The molecule has 0 bridgehead atoms. The Labute approximate surface area is 312 Å². The molecule has 1 aliphatic carbocycles. The minimum Gasteiger partial charge on any atom is -0.496 e. The van der Waals surface area contributed by atoms with Crippen LogP contribution in [-0.4, -0.2) is 71.4 Å². The number of carbonyl (C=O) groups excluding carboxylic acids is 3. The van der Waals surface area contributed by atoms with Crippen LogP contribution in [0.3, 0.4) is 0 Å². The molecule has 4 N–H and O–H groups in total. The van der Waals surface area contributed by atoms with Crippen LogP contribution in [-0.2, 0) is 22.7 Å². The number of methoxy groups -OCH3 is 1. The highest BCUT2D eigenvalue weighted by Crippen LogP contribution is 2.48. The summed E-state index contributed by atoms with van der Waals surface area (Å²) in [6, 6.07) is 17.2. The summed E-state index contributed by atoms with van der Waals surface area (Å²) < 4.78 is 5.71. The van der Waals surface area contributed by atoms with Crippen LogP contribution in [0.1, 0.15) is 54.2 Å². The fourth-order valence-electron chi connectivity index (χ4n) is 7.43. The van der Waals surface area contributed by atoms with E-state index in [0.717, 1.165) is 49.0 Å². The lowest BCUT2D eigenvalue weighted by Crippen LogP contribution is -2.66. The minimum atomic E-state index is -0.379. The van der Waals surface area contributed by atoms with Gasteiger partial charge in [0.25, 0.3) is 5.91 Å². The number of nitrogens with one attached hydrogen (secondary N) is 4. The lowest BCUT2D eigenvalue weighted by molar-refractivity contribution is -0.149. The number of rotatable bonds is 12. The van der Waals surface area contributed by atoms with Gasteiger partial charge in [-0.2, -0.15) is 0 Å². The maximum atomic E-state index is 13.2. The monoisotopic (exact) mass is 741 g/mol. The molecule has 52 heavy (non-hydrogen) atoms. The Morgan fingerprint density at radius 2 is 1.83 bits per heavy atom. The van der Waals surface area contributed by atoms with Crippen molar-refractivity contribution in [3.8, 4) is 28.1 Å². The highest BCUT2D eigenvalue weighted by Gasteiger charge is 2.52. The first-order chi connectivity index (χ1) is 25.1. The van der Waals surface area contributed by atoms with Crippen LogP contribution in [0.15, 0.2) is 67.0 Å². The van der Waals surface area contributed by atoms with Gasteiger partial charge >= 0.3 is 0 Å². The van der Waals surface area contributed by atoms with Crippen molar-refractivity contribution in [2.24, 2.45) is 5.41 Å². The summed E-state index contributed by atoms with van der Waals surface area (Å²) in [6.45, 7) is 5.27. The zero-order valence-corrected chi connectivity index (χ0v) is 30.6. The molecule has 3 fully saturated rings. The van der Waals surface area contributed by atoms with Gasteiger partial charge in [-0.3, -0.25) is 24.4 Å². The fourth-order valence-corrected chi connectivity index (χ4v) is 8.02. The molecule has 3 aliphatic rings. The quantitative estimate of drug-likeness (QED) is 0.142. The summed E-state index contributed by atoms with van der Waals surface area (Å²) >= 11 is 13.9. The summed E-state index contributed by atoms with van der Waals surface area (Å²) in [6.07, 6.45) is 6.93. The number of pyridine rings is 2. The molecule has 4 heterocycles. The molecule has 270 valence electrons. The van der Waals surface area contributed by atoms with Gasteiger partial charge in [0.2, 0.25) is 11.8 Å². The Morgan fingerprint density at radius 3 is 2.54 bits per heavy atom. The molecule has 1 spiro atoms. The molecule has 7 rings (SSSR count). The highest BCUT2D eigenvalue weighted by molar-refractivity contribution is 6.39. The van der Waals surface area contributed by atoms with Crippen LogP contribution in [0.25, 0.3) is 22.4 Å².